The maximum absolute atomic E-state index is 13.7. The summed E-state index contributed by atoms with van der Waals surface area (Å²) in [5.74, 6) is -1.79. The Morgan fingerprint density at radius 3 is 2.47 bits per heavy atom. The molecule has 2 heterocycles. The fourth-order valence-corrected chi connectivity index (χ4v) is 4.96. The third-order valence-corrected chi connectivity index (χ3v) is 6.76. The number of carboxylic acid groups (broad SMARTS) is 1. The van der Waals surface area contributed by atoms with E-state index in [1.807, 2.05) is 30.3 Å². The van der Waals surface area contributed by atoms with Crippen LogP contribution in [0.4, 0.5) is 4.39 Å². The Bertz CT molecular complexity index is 1620. The number of aromatic nitrogens is 1. The summed E-state index contributed by atoms with van der Waals surface area (Å²) in [4.78, 5) is 40.6. The number of benzene rings is 3. The first-order chi connectivity index (χ1) is 18.3. The first-order valence-corrected chi connectivity index (χ1v) is 12.5. The van der Waals surface area contributed by atoms with Crippen molar-refractivity contribution in [2.45, 2.75) is 31.7 Å². The van der Waals surface area contributed by atoms with Gasteiger partial charge in [0.05, 0.1) is 17.3 Å². The molecule has 4 aromatic rings. The van der Waals surface area contributed by atoms with Crippen LogP contribution >= 0.6 is 11.6 Å². The molecule has 9 heteroatoms. The van der Waals surface area contributed by atoms with Crippen molar-refractivity contribution in [2.75, 3.05) is 0 Å². The topological polar surface area (TPSA) is 103 Å². The van der Waals surface area contributed by atoms with Crippen LogP contribution in [0.25, 0.3) is 22.0 Å². The third kappa shape index (κ3) is 5.08. The Hall–Kier alpha value is -4.30. The number of halogens is 2. The van der Waals surface area contributed by atoms with Gasteiger partial charge in [0.25, 0.3) is 5.56 Å². The fraction of sp³-hybridized carbons (Fsp3) is 0.172. The molecule has 0 spiro atoms. The second-order valence-electron chi connectivity index (χ2n) is 9.06. The number of aliphatic carboxylic acids is 1. The molecule has 192 valence electrons. The number of fused-ring (bicyclic) bond motifs is 1. The second-order valence-corrected chi connectivity index (χ2v) is 9.50. The van der Waals surface area contributed by atoms with E-state index in [9.17, 15) is 18.8 Å². The van der Waals surface area contributed by atoms with Crippen LogP contribution in [0, 0.1) is 5.82 Å². The number of pyridine rings is 1. The van der Waals surface area contributed by atoms with Gasteiger partial charge in [-0.05, 0) is 47.9 Å². The lowest BCUT2D eigenvalue weighted by atomic mass is 9.91. The van der Waals surface area contributed by atoms with Gasteiger partial charge < -0.3 is 10.1 Å². The van der Waals surface area contributed by atoms with Crippen molar-refractivity contribution >= 4 is 40.1 Å². The molecule has 0 unspecified atom stereocenters. The highest BCUT2D eigenvalue weighted by Crippen LogP contribution is 2.37. The molecule has 1 aliphatic rings. The lowest BCUT2D eigenvalue weighted by Gasteiger charge is -2.22. The number of carboxylic acids is 1. The third-order valence-electron chi connectivity index (χ3n) is 6.53. The normalized spacial score (nSPS) is 15.1. The molecule has 7 nitrogen and oxygen atoms in total. The molecule has 1 aromatic heterocycles. The van der Waals surface area contributed by atoms with Gasteiger partial charge in [-0.15, -0.1) is 0 Å². The van der Waals surface area contributed by atoms with Gasteiger partial charge in [0.2, 0.25) is 5.91 Å². The highest BCUT2D eigenvalue weighted by molar-refractivity contribution is 6.31. The van der Waals surface area contributed by atoms with Crippen molar-refractivity contribution in [2.24, 2.45) is 5.10 Å². The number of H-pyrrole nitrogens is 1. The predicted octanol–water partition coefficient (Wildman–Crippen LogP) is 5.92. The van der Waals surface area contributed by atoms with Gasteiger partial charge in [-0.2, -0.15) is 5.10 Å². The summed E-state index contributed by atoms with van der Waals surface area (Å²) < 4.78 is 13.7. The minimum Gasteiger partial charge on any atom is -0.481 e. The molecular weight excluding hydrogens is 509 g/mol. The number of hydrazone groups is 1. The van der Waals surface area contributed by atoms with Gasteiger partial charge in [-0.1, -0.05) is 54.1 Å². The average molecular weight is 532 g/mol. The Kier molecular flexibility index (Phi) is 7.07. The fourth-order valence-electron chi connectivity index (χ4n) is 4.79. The summed E-state index contributed by atoms with van der Waals surface area (Å²) in [5.41, 5.74) is 3.04. The van der Waals surface area contributed by atoms with Gasteiger partial charge in [0, 0.05) is 40.8 Å². The summed E-state index contributed by atoms with van der Waals surface area (Å²) in [6.45, 7) is 0. The number of carbonyl (C=O) groups is 2. The lowest BCUT2D eigenvalue weighted by molar-refractivity contribution is -0.137. The molecule has 1 aliphatic heterocycles. The molecule has 0 radical (unpaired) electrons. The van der Waals surface area contributed by atoms with Crippen LogP contribution in [0.15, 0.2) is 82.7 Å². The Labute approximate surface area is 222 Å². The Balaban J connectivity index is 1.66. The van der Waals surface area contributed by atoms with E-state index in [1.165, 1.54) is 17.1 Å². The molecule has 1 amide bonds. The van der Waals surface area contributed by atoms with Crippen LogP contribution in [-0.4, -0.2) is 32.7 Å². The maximum atomic E-state index is 13.7. The van der Waals surface area contributed by atoms with E-state index in [-0.39, 0.29) is 37.1 Å². The van der Waals surface area contributed by atoms with Crippen LogP contribution in [-0.2, 0) is 9.59 Å². The minimum absolute atomic E-state index is 0.0317. The van der Waals surface area contributed by atoms with Crippen molar-refractivity contribution < 1.29 is 19.1 Å². The molecule has 0 saturated heterocycles. The molecular formula is C29H23ClFN3O4. The summed E-state index contributed by atoms with van der Waals surface area (Å²) in [6, 6.07) is 19.8. The van der Waals surface area contributed by atoms with Crippen LogP contribution in [0.5, 0.6) is 0 Å². The Morgan fingerprint density at radius 2 is 1.76 bits per heavy atom. The zero-order valence-corrected chi connectivity index (χ0v) is 20.9. The number of nitrogens with zero attached hydrogens (tertiary/aromatic N) is 2. The molecule has 38 heavy (non-hydrogen) atoms. The van der Waals surface area contributed by atoms with Crippen LogP contribution in [0.2, 0.25) is 5.02 Å². The predicted molar refractivity (Wildman–Crippen MR) is 144 cm³/mol. The van der Waals surface area contributed by atoms with Crippen molar-refractivity contribution in [3.63, 3.8) is 0 Å². The molecule has 0 aliphatic carbocycles. The number of amides is 1. The van der Waals surface area contributed by atoms with Gasteiger partial charge >= 0.3 is 5.97 Å². The summed E-state index contributed by atoms with van der Waals surface area (Å²) in [6.07, 6.45) is 0.178. The maximum Gasteiger partial charge on any atom is 0.303 e. The number of carbonyl (C=O) groups excluding carboxylic acids is 1. The van der Waals surface area contributed by atoms with Gasteiger partial charge in [0.15, 0.2) is 0 Å². The number of rotatable bonds is 7. The van der Waals surface area contributed by atoms with E-state index < -0.39 is 17.8 Å². The van der Waals surface area contributed by atoms with Crippen LogP contribution < -0.4 is 5.56 Å². The number of aromatic amines is 1. The van der Waals surface area contributed by atoms with Crippen molar-refractivity contribution in [3.8, 4) is 11.1 Å². The molecule has 0 saturated carbocycles. The summed E-state index contributed by atoms with van der Waals surface area (Å²) >= 11 is 6.33. The number of nitrogens with one attached hydrogen (secondary N) is 1. The van der Waals surface area contributed by atoms with Crippen LogP contribution in [0.1, 0.15) is 42.9 Å². The summed E-state index contributed by atoms with van der Waals surface area (Å²) in [5, 5.41) is 16.1. The van der Waals surface area contributed by atoms with Gasteiger partial charge in [0.1, 0.15) is 5.82 Å². The molecule has 3 aromatic carbocycles. The molecule has 2 N–H and O–H groups in total. The molecule has 0 fully saturated rings. The van der Waals surface area contributed by atoms with Gasteiger partial charge in [-0.3, -0.25) is 14.4 Å². The van der Waals surface area contributed by atoms with Gasteiger partial charge in [-0.25, -0.2) is 9.40 Å². The van der Waals surface area contributed by atoms with E-state index in [0.29, 0.717) is 32.9 Å². The quantitative estimate of drug-likeness (QED) is 0.309. The highest BCUT2D eigenvalue weighted by Gasteiger charge is 2.35. The second kappa shape index (κ2) is 10.6. The monoisotopic (exact) mass is 531 g/mol. The van der Waals surface area contributed by atoms with E-state index in [1.54, 1.807) is 30.3 Å². The van der Waals surface area contributed by atoms with E-state index in [4.69, 9.17) is 16.7 Å². The zero-order valence-electron chi connectivity index (χ0n) is 20.2. The molecule has 0 bridgehead atoms. The van der Waals surface area contributed by atoms with E-state index in [0.717, 1.165) is 10.9 Å². The first kappa shape index (κ1) is 25.4. The summed E-state index contributed by atoms with van der Waals surface area (Å²) in [7, 11) is 0. The largest absolute Gasteiger partial charge is 0.481 e. The SMILES string of the molecule is O=C(O)CCCC(=O)N1N=C(c2c(-c3ccccc3)c3cc(Cl)ccc3[nH]c2=O)C[C@H]1c1ccc(F)cc1. The first-order valence-electron chi connectivity index (χ1n) is 12.1. The molecule has 5 rings (SSSR count). The molecule has 1 atom stereocenters. The minimum atomic E-state index is -0.993. The van der Waals surface area contributed by atoms with Crippen LogP contribution in [0.3, 0.4) is 0 Å². The number of hydrogen-bond donors (Lipinski definition) is 2. The lowest BCUT2D eigenvalue weighted by Crippen LogP contribution is -2.27. The van der Waals surface area contributed by atoms with Crippen molar-refractivity contribution in [1.29, 1.82) is 0 Å². The standard InChI is InChI=1S/C29H23ClFN3O4/c30-19-11-14-22-21(15-19)27(18-5-2-1-3-6-18)28(29(38)32-22)23-16-24(17-9-12-20(31)13-10-17)34(33-23)25(35)7-4-8-26(36)37/h1-3,5-6,9-15,24H,4,7-8,16H2,(H,32,38)(H,36,37)/t24-/m0/s1. The highest BCUT2D eigenvalue weighted by atomic mass is 35.5. The van der Waals surface area contributed by atoms with Crippen molar-refractivity contribution in [3.05, 3.63) is 105 Å². The number of hydrogen-bond acceptors (Lipinski definition) is 4. The van der Waals surface area contributed by atoms with E-state index in [2.05, 4.69) is 10.1 Å². The smallest absolute Gasteiger partial charge is 0.303 e. The zero-order chi connectivity index (χ0) is 26.8. The van der Waals surface area contributed by atoms with Crippen molar-refractivity contribution in [1.82, 2.24) is 9.99 Å². The Morgan fingerprint density at radius 1 is 1.03 bits per heavy atom. The van der Waals surface area contributed by atoms with E-state index >= 15 is 0 Å². The average Bonchev–Trinajstić information content (AvgIpc) is 3.34.